The molecule has 0 aromatic heterocycles. The molecule has 0 aromatic carbocycles. The first-order chi connectivity index (χ1) is 22.4. The van der Waals surface area contributed by atoms with Gasteiger partial charge in [0.25, 0.3) is 0 Å². The lowest BCUT2D eigenvalue weighted by Gasteiger charge is -2.45. The molecule has 0 unspecified atom stereocenters. The van der Waals surface area contributed by atoms with E-state index in [-0.39, 0.29) is 0 Å². The number of rotatable bonds is 14. The zero-order valence-corrected chi connectivity index (χ0v) is 23.7. The summed E-state index contributed by atoms with van der Waals surface area (Å²) in [6.07, 6.45) is -73.3. The molecule has 1 N–H and O–H groups in total. The summed E-state index contributed by atoms with van der Waals surface area (Å²) in [4.78, 5) is 0. The highest BCUT2D eigenvalue weighted by molar-refractivity contribution is 5.06. The second-order valence-corrected chi connectivity index (χ2v) is 10.0. The molecular formula is C20H15F27O5. The molecule has 0 rings (SSSR count). The maximum Gasteiger partial charge on any atom is 0.435 e. The van der Waals surface area contributed by atoms with Gasteiger partial charge in [0.15, 0.2) is 0 Å². The van der Waals surface area contributed by atoms with E-state index in [1.165, 1.54) is 0 Å². The van der Waals surface area contributed by atoms with Gasteiger partial charge < -0.3 is 24.1 Å². The molecule has 0 aliphatic rings. The van der Waals surface area contributed by atoms with Crippen LogP contribution in [0.5, 0.6) is 0 Å². The Bertz CT molecular complexity index is 890. The molecule has 0 saturated heterocycles. The molecule has 314 valence electrons. The smallest absolute Gasteiger partial charge is 0.396 e. The van der Waals surface area contributed by atoms with Gasteiger partial charge in [0.05, 0.1) is 31.8 Å². The fourth-order valence-electron chi connectivity index (χ4n) is 3.67. The average molecular weight is 848 g/mol. The Kier molecular flexibility index (Phi) is 14.3. The van der Waals surface area contributed by atoms with Crippen LogP contribution in [0.15, 0.2) is 0 Å². The minimum Gasteiger partial charge on any atom is -0.396 e. The van der Waals surface area contributed by atoms with Crippen LogP contribution in [0.4, 0.5) is 119 Å². The van der Waals surface area contributed by atoms with Gasteiger partial charge in [-0.05, 0) is 6.42 Å². The molecule has 0 radical (unpaired) electrons. The molecule has 0 bridgehead atoms. The Morgan fingerprint density at radius 3 is 0.654 bits per heavy atom. The van der Waals surface area contributed by atoms with Crippen LogP contribution in [-0.2, 0) is 18.9 Å². The summed E-state index contributed by atoms with van der Waals surface area (Å²) in [6, 6.07) is 0. The SMILES string of the molecule is OCCCOCC(COC(C(F)(F)F)(C(F)(F)F)C(F)(F)F)(COC(C(F)(F)F)(C(F)(F)F)C(F)(F)F)COC(C(F)(F)F)(C(F)(F)F)C(F)(F)F. The van der Waals surface area contributed by atoms with E-state index in [1.807, 2.05) is 0 Å². The number of hydrogen-bond donors (Lipinski definition) is 1. The molecular weight excluding hydrogens is 833 g/mol. The van der Waals surface area contributed by atoms with Crippen molar-refractivity contribution >= 4 is 0 Å². The highest BCUT2D eigenvalue weighted by Gasteiger charge is 2.88. The number of halogens is 27. The molecule has 0 heterocycles. The predicted molar refractivity (Wildman–Crippen MR) is 105 cm³/mol. The van der Waals surface area contributed by atoms with Gasteiger partial charge in [-0.3, -0.25) is 0 Å². The molecule has 0 aromatic rings. The van der Waals surface area contributed by atoms with Crippen LogP contribution in [0.2, 0.25) is 0 Å². The second-order valence-electron chi connectivity index (χ2n) is 10.0. The highest BCUT2D eigenvalue weighted by Crippen LogP contribution is 2.59. The van der Waals surface area contributed by atoms with Crippen molar-refractivity contribution in [1.82, 2.24) is 0 Å². The lowest BCUT2D eigenvalue weighted by molar-refractivity contribution is -0.474. The van der Waals surface area contributed by atoms with E-state index in [0.717, 1.165) is 0 Å². The standard InChI is InChI=1S/C20H15F27O5/c21-12(22,23)9(13(24,25)26,14(27,28)29)50-5-8(4-49-3-1-2-48,6-51-10(15(30,31)32,16(33,34)35)17(36,37)38)7-52-11(18(39,40)41,19(42,43)44)20(45,46)47/h48H,1-7H2. The van der Waals surface area contributed by atoms with E-state index in [1.54, 1.807) is 0 Å². The summed E-state index contributed by atoms with van der Waals surface area (Å²) in [5.74, 6) is 0. The van der Waals surface area contributed by atoms with Crippen molar-refractivity contribution in [3.8, 4) is 0 Å². The van der Waals surface area contributed by atoms with Crippen molar-refractivity contribution in [2.75, 3.05) is 39.6 Å². The minimum atomic E-state index is -8.03. The van der Waals surface area contributed by atoms with Crippen molar-refractivity contribution < 1.29 is 143 Å². The molecule has 0 aliphatic heterocycles. The summed E-state index contributed by atoms with van der Waals surface area (Å²) in [5, 5.41) is 8.65. The van der Waals surface area contributed by atoms with Gasteiger partial charge in [-0.2, -0.15) is 119 Å². The van der Waals surface area contributed by atoms with Crippen molar-refractivity contribution in [2.24, 2.45) is 5.41 Å². The Hall–Kier alpha value is -2.09. The summed E-state index contributed by atoms with van der Waals surface area (Å²) < 4.78 is 374. The molecule has 5 nitrogen and oxygen atoms in total. The normalized spacial score (nSPS) is 16.2. The third-order valence-corrected chi connectivity index (χ3v) is 6.23. The van der Waals surface area contributed by atoms with Gasteiger partial charge in [-0.15, -0.1) is 0 Å². The fourth-order valence-corrected chi connectivity index (χ4v) is 3.67. The molecule has 0 saturated carbocycles. The van der Waals surface area contributed by atoms with E-state index in [2.05, 4.69) is 18.9 Å². The third kappa shape index (κ3) is 9.22. The number of hydrogen-bond acceptors (Lipinski definition) is 5. The zero-order valence-electron chi connectivity index (χ0n) is 23.7. The highest BCUT2D eigenvalue weighted by atomic mass is 19.5. The van der Waals surface area contributed by atoms with Crippen molar-refractivity contribution in [2.45, 2.75) is 78.8 Å². The summed E-state index contributed by atoms with van der Waals surface area (Å²) in [6.45, 7) is -17.7. The molecule has 0 spiro atoms. The molecule has 0 atom stereocenters. The van der Waals surface area contributed by atoms with Gasteiger partial charge in [0, 0.05) is 13.2 Å². The van der Waals surface area contributed by atoms with E-state index >= 15 is 0 Å². The molecule has 52 heavy (non-hydrogen) atoms. The maximum absolute atomic E-state index is 13.4. The van der Waals surface area contributed by atoms with Crippen LogP contribution in [0.1, 0.15) is 6.42 Å². The number of aliphatic hydroxyl groups is 1. The Balaban J connectivity index is 8.29. The minimum absolute atomic E-state index is 1.05. The number of alkyl halides is 27. The summed E-state index contributed by atoms with van der Waals surface area (Å²) >= 11 is 0. The van der Waals surface area contributed by atoms with Crippen molar-refractivity contribution in [3.63, 3.8) is 0 Å². The number of ether oxygens (including phenoxy) is 4. The van der Waals surface area contributed by atoms with Crippen LogP contribution in [0.3, 0.4) is 0 Å². The summed E-state index contributed by atoms with van der Waals surface area (Å²) in [5.41, 5.74) is -28.8. The molecule has 0 aliphatic carbocycles. The van der Waals surface area contributed by atoms with Crippen LogP contribution in [0, 0.1) is 5.41 Å². The number of aliphatic hydroxyl groups excluding tert-OH is 1. The largest absolute Gasteiger partial charge is 0.435 e. The average Bonchev–Trinajstić information content (AvgIpc) is 2.79. The van der Waals surface area contributed by atoms with E-state index in [4.69, 9.17) is 5.11 Å². The zero-order chi connectivity index (χ0) is 42.3. The van der Waals surface area contributed by atoms with Crippen LogP contribution in [-0.4, -0.2) is 117 Å². The Labute approximate surface area is 267 Å². The Morgan fingerprint density at radius 1 is 0.308 bits per heavy atom. The van der Waals surface area contributed by atoms with Crippen molar-refractivity contribution in [3.05, 3.63) is 0 Å². The van der Waals surface area contributed by atoms with E-state index in [9.17, 15) is 119 Å². The summed E-state index contributed by atoms with van der Waals surface area (Å²) in [7, 11) is 0. The lowest BCUT2D eigenvalue weighted by Crippen LogP contribution is -2.71. The van der Waals surface area contributed by atoms with Gasteiger partial charge in [0.1, 0.15) is 0 Å². The molecule has 32 heteroatoms. The van der Waals surface area contributed by atoms with Crippen molar-refractivity contribution in [1.29, 1.82) is 0 Å². The first kappa shape index (κ1) is 49.9. The van der Waals surface area contributed by atoms with Crippen LogP contribution in [0.25, 0.3) is 0 Å². The van der Waals surface area contributed by atoms with Crippen LogP contribution < -0.4 is 0 Å². The second kappa shape index (κ2) is 14.9. The van der Waals surface area contributed by atoms with E-state index < -0.39 is 124 Å². The van der Waals surface area contributed by atoms with E-state index in [0.29, 0.717) is 0 Å². The van der Waals surface area contributed by atoms with Gasteiger partial charge >= 0.3 is 72.4 Å². The third-order valence-electron chi connectivity index (χ3n) is 6.23. The fraction of sp³-hybridized carbons (Fsp3) is 1.00. The first-order valence-electron chi connectivity index (χ1n) is 12.1. The maximum atomic E-state index is 13.4. The topological polar surface area (TPSA) is 57.2 Å². The molecule has 0 amide bonds. The monoisotopic (exact) mass is 848 g/mol. The van der Waals surface area contributed by atoms with Crippen LogP contribution >= 0.6 is 0 Å². The Morgan fingerprint density at radius 2 is 0.500 bits per heavy atom. The predicted octanol–water partition coefficient (Wildman–Crippen LogP) is 8.70. The first-order valence-corrected chi connectivity index (χ1v) is 12.1. The molecule has 0 fully saturated rings. The van der Waals surface area contributed by atoms with Gasteiger partial charge in [-0.25, -0.2) is 0 Å². The lowest BCUT2D eigenvalue weighted by atomic mass is 9.89. The quantitative estimate of drug-likeness (QED) is 0.140. The van der Waals surface area contributed by atoms with Gasteiger partial charge in [0.2, 0.25) is 0 Å². The van der Waals surface area contributed by atoms with Gasteiger partial charge in [-0.1, -0.05) is 0 Å².